The fourth-order valence-electron chi connectivity index (χ4n) is 3.54. The van der Waals surface area contributed by atoms with Gasteiger partial charge in [0.2, 0.25) is 5.95 Å². The van der Waals surface area contributed by atoms with Gasteiger partial charge in [0.25, 0.3) is 0 Å². The molecule has 0 spiro atoms. The number of aromatic nitrogens is 4. The van der Waals surface area contributed by atoms with E-state index in [1.165, 1.54) is 0 Å². The molecule has 3 N–H and O–H groups in total. The molecule has 0 aliphatic carbocycles. The lowest BCUT2D eigenvalue weighted by molar-refractivity contribution is 0.297. The summed E-state index contributed by atoms with van der Waals surface area (Å²) >= 11 is 0. The van der Waals surface area contributed by atoms with Crippen molar-refractivity contribution in [3.8, 4) is 0 Å². The van der Waals surface area contributed by atoms with Gasteiger partial charge in [-0.2, -0.15) is 10.1 Å². The van der Waals surface area contributed by atoms with Crippen LogP contribution in [0.15, 0.2) is 30.5 Å². The van der Waals surface area contributed by atoms with E-state index in [1.54, 1.807) is 0 Å². The van der Waals surface area contributed by atoms with E-state index in [0.29, 0.717) is 6.04 Å². The van der Waals surface area contributed by atoms with Gasteiger partial charge in [0, 0.05) is 54.4 Å². The van der Waals surface area contributed by atoms with Gasteiger partial charge in [-0.05, 0) is 25.1 Å². The first-order chi connectivity index (χ1) is 11.7. The average molecular weight is 321 g/mol. The summed E-state index contributed by atoms with van der Waals surface area (Å²) in [6.07, 6.45) is 1.82. The van der Waals surface area contributed by atoms with Gasteiger partial charge in [0.1, 0.15) is 5.82 Å². The van der Waals surface area contributed by atoms with Crippen LogP contribution < -0.4 is 15.5 Å². The fraction of sp³-hybridized carbons (Fsp3) is 0.353. The minimum atomic E-state index is 0.606. The predicted molar refractivity (Wildman–Crippen MR) is 93.6 cm³/mol. The first-order valence-electron chi connectivity index (χ1n) is 8.29. The summed E-state index contributed by atoms with van der Waals surface area (Å²) in [6.45, 7) is 5.16. The molecule has 24 heavy (non-hydrogen) atoms. The summed E-state index contributed by atoms with van der Waals surface area (Å²) < 4.78 is 0. The zero-order valence-corrected chi connectivity index (χ0v) is 13.5. The Morgan fingerprint density at radius 1 is 1.21 bits per heavy atom. The number of benzene rings is 1. The first-order valence-corrected chi connectivity index (χ1v) is 8.29. The number of anilines is 3. The Labute approximate surface area is 139 Å². The van der Waals surface area contributed by atoms with Crippen molar-refractivity contribution in [1.82, 2.24) is 25.5 Å². The maximum absolute atomic E-state index is 4.73. The van der Waals surface area contributed by atoms with Gasteiger partial charge in [0.15, 0.2) is 0 Å². The molecule has 0 saturated carbocycles. The molecule has 1 aromatic carbocycles. The van der Waals surface area contributed by atoms with Crippen molar-refractivity contribution in [2.45, 2.75) is 13.0 Å². The molecular weight excluding hydrogens is 302 g/mol. The Balaban J connectivity index is 1.42. The van der Waals surface area contributed by atoms with Crippen molar-refractivity contribution in [1.29, 1.82) is 0 Å². The van der Waals surface area contributed by atoms with E-state index < -0.39 is 0 Å². The summed E-state index contributed by atoms with van der Waals surface area (Å²) in [6, 6.07) is 8.69. The number of H-pyrrole nitrogens is 1. The van der Waals surface area contributed by atoms with Crippen LogP contribution in [0.5, 0.6) is 0 Å². The number of hydrogen-bond acceptors (Lipinski definition) is 6. The molecule has 2 aliphatic rings. The van der Waals surface area contributed by atoms with E-state index in [0.717, 1.165) is 59.6 Å². The molecule has 4 heterocycles. The number of nitrogens with one attached hydrogen (secondary N) is 3. The highest BCUT2D eigenvalue weighted by molar-refractivity contribution is 5.82. The van der Waals surface area contributed by atoms with E-state index in [2.05, 4.69) is 36.8 Å². The average Bonchev–Trinajstić information content (AvgIpc) is 3.11. The Kier molecular flexibility index (Phi) is 2.96. The summed E-state index contributed by atoms with van der Waals surface area (Å²) in [5, 5.41) is 15.0. The van der Waals surface area contributed by atoms with Crippen LogP contribution in [0.25, 0.3) is 10.9 Å². The van der Waals surface area contributed by atoms with Crippen molar-refractivity contribution in [2.24, 2.45) is 5.92 Å². The van der Waals surface area contributed by atoms with Crippen LogP contribution in [0.2, 0.25) is 0 Å². The Morgan fingerprint density at radius 2 is 2.17 bits per heavy atom. The molecule has 2 aromatic heterocycles. The molecule has 0 radical (unpaired) electrons. The highest BCUT2D eigenvalue weighted by Gasteiger charge is 2.39. The second kappa shape index (κ2) is 5.17. The van der Waals surface area contributed by atoms with Crippen molar-refractivity contribution >= 4 is 28.4 Å². The standard InChI is InChI=1S/C17H19N7/c1-10-4-16(21-13-2-3-14-11(5-13)7-19-23-14)22-17(20-10)24-8-12-6-18-15(12)9-24/h2-5,7,12,15,18H,6,8-9H2,1H3,(H,19,23)(H,20,21,22). The lowest BCUT2D eigenvalue weighted by Gasteiger charge is -2.29. The molecule has 5 rings (SSSR count). The molecule has 2 unspecified atom stereocenters. The zero-order valence-electron chi connectivity index (χ0n) is 13.5. The number of nitrogens with zero attached hydrogens (tertiary/aromatic N) is 4. The minimum absolute atomic E-state index is 0.606. The van der Waals surface area contributed by atoms with Gasteiger partial charge in [-0.15, -0.1) is 0 Å². The Bertz CT molecular complexity index is 891. The molecule has 0 bridgehead atoms. The third kappa shape index (κ3) is 2.28. The molecule has 0 amide bonds. The van der Waals surface area contributed by atoms with E-state index in [-0.39, 0.29) is 0 Å². The van der Waals surface area contributed by atoms with Crippen LogP contribution in [-0.4, -0.2) is 45.8 Å². The number of hydrogen-bond donors (Lipinski definition) is 3. The van der Waals surface area contributed by atoms with E-state index in [9.17, 15) is 0 Å². The Morgan fingerprint density at radius 3 is 2.96 bits per heavy atom. The lowest BCUT2D eigenvalue weighted by Crippen LogP contribution is -2.51. The zero-order chi connectivity index (χ0) is 16.1. The molecule has 2 atom stereocenters. The Hall–Kier alpha value is -2.67. The van der Waals surface area contributed by atoms with Crippen LogP contribution in [0.3, 0.4) is 0 Å². The maximum atomic E-state index is 4.73. The van der Waals surface area contributed by atoms with Crippen LogP contribution in [0.4, 0.5) is 17.5 Å². The van der Waals surface area contributed by atoms with Gasteiger partial charge in [-0.3, -0.25) is 5.10 Å². The smallest absolute Gasteiger partial charge is 0.227 e. The van der Waals surface area contributed by atoms with Crippen LogP contribution >= 0.6 is 0 Å². The number of fused-ring (bicyclic) bond motifs is 2. The normalized spacial score (nSPS) is 22.5. The van der Waals surface area contributed by atoms with Gasteiger partial charge in [-0.1, -0.05) is 0 Å². The number of aryl methyl sites for hydroxylation is 1. The van der Waals surface area contributed by atoms with Crippen molar-refractivity contribution in [2.75, 3.05) is 29.9 Å². The van der Waals surface area contributed by atoms with E-state index >= 15 is 0 Å². The molecule has 3 aromatic rings. The highest BCUT2D eigenvalue weighted by atomic mass is 15.3. The molecule has 2 fully saturated rings. The third-order valence-corrected chi connectivity index (χ3v) is 4.92. The van der Waals surface area contributed by atoms with Crippen molar-refractivity contribution < 1.29 is 0 Å². The number of aromatic amines is 1. The van der Waals surface area contributed by atoms with Crippen molar-refractivity contribution in [3.05, 3.63) is 36.2 Å². The molecule has 7 heteroatoms. The summed E-state index contributed by atoms with van der Waals surface area (Å²) in [4.78, 5) is 11.6. The van der Waals surface area contributed by atoms with Crippen LogP contribution in [0.1, 0.15) is 5.69 Å². The van der Waals surface area contributed by atoms with E-state index in [4.69, 9.17) is 4.98 Å². The largest absolute Gasteiger partial charge is 0.340 e. The van der Waals surface area contributed by atoms with Gasteiger partial charge >= 0.3 is 0 Å². The molecule has 2 saturated heterocycles. The van der Waals surface area contributed by atoms with Gasteiger partial charge < -0.3 is 15.5 Å². The molecule has 7 nitrogen and oxygen atoms in total. The highest BCUT2D eigenvalue weighted by Crippen LogP contribution is 2.28. The second-order valence-corrected chi connectivity index (χ2v) is 6.67. The predicted octanol–water partition coefficient (Wildman–Crippen LogP) is 1.81. The SMILES string of the molecule is Cc1cc(Nc2ccc3[nH]ncc3c2)nc(N2CC3CNC3C2)n1. The molecular formula is C17H19N7. The molecule has 122 valence electrons. The van der Waals surface area contributed by atoms with Gasteiger partial charge in [-0.25, -0.2) is 4.98 Å². The lowest BCUT2D eigenvalue weighted by atomic mass is 9.96. The quantitative estimate of drug-likeness (QED) is 0.682. The summed E-state index contributed by atoms with van der Waals surface area (Å²) in [5.41, 5.74) is 3.00. The topological polar surface area (TPSA) is 81.8 Å². The van der Waals surface area contributed by atoms with Crippen LogP contribution in [-0.2, 0) is 0 Å². The molecule has 2 aliphatic heterocycles. The van der Waals surface area contributed by atoms with E-state index in [1.807, 2.05) is 31.3 Å². The van der Waals surface area contributed by atoms with Crippen LogP contribution in [0, 0.1) is 12.8 Å². The van der Waals surface area contributed by atoms with Gasteiger partial charge in [0.05, 0.1) is 11.7 Å². The maximum Gasteiger partial charge on any atom is 0.227 e. The summed E-state index contributed by atoms with van der Waals surface area (Å²) in [5.74, 6) is 2.39. The third-order valence-electron chi connectivity index (χ3n) is 4.92. The number of rotatable bonds is 3. The minimum Gasteiger partial charge on any atom is -0.340 e. The second-order valence-electron chi connectivity index (χ2n) is 6.67. The van der Waals surface area contributed by atoms with Crippen molar-refractivity contribution in [3.63, 3.8) is 0 Å². The fourth-order valence-corrected chi connectivity index (χ4v) is 3.54. The first kappa shape index (κ1) is 13.7. The monoisotopic (exact) mass is 321 g/mol. The summed E-state index contributed by atoms with van der Waals surface area (Å²) in [7, 11) is 0.